The van der Waals surface area contributed by atoms with Crippen molar-refractivity contribution in [1.29, 1.82) is 0 Å². The molecule has 2 amide bonds. The van der Waals surface area contributed by atoms with Gasteiger partial charge in [-0.1, -0.05) is 29.3 Å². The minimum Gasteiger partial charge on any atom is -0.338 e. The molecule has 0 bridgehead atoms. The zero-order chi connectivity index (χ0) is 19.5. The van der Waals surface area contributed by atoms with Gasteiger partial charge in [-0.25, -0.2) is 17.5 Å². The largest absolute Gasteiger partial charge is 0.338 e. The molecular weight excluding hydrogens is 397 g/mol. The van der Waals surface area contributed by atoms with Crippen molar-refractivity contribution in [3.8, 4) is 0 Å². The molecule has 0 aliphatic carbocycles. The number of halogens is 2. The number of carbonyl (C=O) groups is 1. The molecule has 2 rings (SSSR count). The van der Waals surface area contributed by atoms with Crippen molar-refractivity contribution in [3.63, 3.8) is 0 Å². The summed E-state index contributed by atoms with van der Waals surface area (Å²) in [7, 11) is -1.41. The Morgan fingerprint density at radius 2 is 1.96 bits per heavy atom. The molecule has 1 heterocycles. The van der Waals surface area contributed by atoms with E-state index in [0.717, 1.165) is 18.4 Å². The van der Waals surface area contributed by atoms with E-state index in [1.807, 2.05) is 13.0 Å². The maximum Gasteiger partial charge on any atom is 0.317 e. The van der Waals surface area contributed by atoms with Crippen LogP contribution < -0.4 is 5.32 Å². The topological polar surface area (TPSA) is 69.7 Å². The van der Waals surface area contributed by atoms with Crippen LogP contribution in [0.15, 0.2) is 18.2 Å². The summed E-state index contributed by atoms with van der Waals surface area (Å²) in [6.45, 7) is 3.44. The standard InChI is InChI=1S/C17H25Cl2N3O3S/c1-12(15-5-4-14(18)10-16(15)19)21(2)17(23)20-11-13-6-8-22(9-7-13)26(3,24)25/h4-5,10,12-13H,6-9,11H2,1-3H3,(H,20,23). The molecule has 1 N–H and O–H groups in total. The molecule has 1 aliphatic rings. The van der Waals surface area contributed by atoms with E-state index in [1.54, 1.807) is 24.1 Å². The van der Waals surface area contributed by atoms with Gasteiger partial charge < -0.3 is 10.2 Å². The van der Waals surface area contributed by atoms with Crippen molar-refractivity contribution in [2.24, 2.45) is 5.92 Å². The SMILES string of the molecule is CC(c1ccc(Cl)cc1Cl)N(C)C(=O)NCC1CCN(S(C)(=O)=O)CC1. The Balaban J connectivity index is 1.86. The lowest BCUT2D eigenvalue weighted by molar-refractivity contribution is 0.189. The monoisotopic (exact) mass is 421 g/mol. The predicted octanol–water partition coefficient (Wildman–Crippen LogP) is 3.37. The molecular formula is C17H25Cl2N3O3S. The number of hydrogen-bond donors (Lipinski definition) is 1. The van der Waals surface area contributed by atoms with Gasteiger partial charge in [0.1, 0.15) is 0 Å². The summed E-state index contributed by atoms with van der Waals surface area (Å²) in [5, 5.41) is 4.02. The number of carbonyl (C=O) groups excluding carboxylic acids is 1. The van der Waals surface area contributed by atoms with Gasteiger partial charge in [0.05, 0.1) is 12.3 Å². The first-order chi connectivity index (χ1) is 12.1. The van der Waals surface area contributed by atoms with Crippen molar-refractivity contribution in [1.82, 2.24) is 14.5 Å². The van der Waals surface area contributed by atoms with Crippen LogP contribution in [0.2, 0.25) is 10.0 Å². The summed E-state index contributed by atoms with van der Waals surface area (Å²) >= 11 is 12.1. The Morgan fingerprint density at radius 1 is 1.35 bits per heavy atom. The lowest BCUT2D eigenvalue weighted by atomic mass is 9.98. The number of nitrogens with one attached hydrogen (secondary N) is 1. The van der Waals surface area contributed by atoms with Crippen molar-refractivity contribution in [3.05, 3.63) is 33.8 Å². The van der Waals surface area contributed by atoms with E-state index < -0.39 is 10.0 Å². The van der Waals surface area contributed by atoms with Gasteiger partial charge in [-0.15, -0.1) is 0 Å². The Kier molecular flexibility index (Phi) is 7.19. The van der Waals surface area contributed by atoms with E-state index >= 15 is 0 Å². The molecule has 1 aromatic rings. The molecule has 0 aromatic heterocycles. The summed E-state index contributed by atoms with van der Waals surface area (Å²) in [6, 6.07) is 4.84. The zero-order valence-corrected chi connectivity index (χ0v) is 17.5. The van der Waals surface area contributed by atoms with Crippen molar-refractivity contribution < 1.29 is 13.2 Å². The van der Waals surface area contributed by atoms with Gasteiger partial charge >= 0.3 is 6.03 Å². The van der Waals surface area contributed by atoms with Crippen molar-refractivity contribution >= 4 is 39.3 Å². The highest BCUT2D eigenvalue weighted by Gasteiger charge is 2.26. The quantitative estimate of drug-likeness (QED) is 0.791. The fraction of sp³-hybridized carbons (Fsp3) is 0.588. The molecule has 0 spiro atoms. The predicted molar refractivity (Wildman–Crippen MR) is 105 cm³/mol. The summed E-state index contributed by atoms with van der Waals surface area (Å²) in [6.07, 6.45) is 2.72. The Hall–Kier alpha value is -1.02. The number of rotatable bonds is 5. The van der Waals surface area contributed by atoms with Crippen LogP contribution >= 0.6 is 23.2 Å². The van der Waals surface area contributed by atoms with E-state index in [1.165, 1.54) is 10.6 Å². The van der Waals surface area contributed by atoms with Gasteiger partial charge in [-0.2, -0.15) is 0 Å². The van der Waals surface area contributed by atoms with E-state index in [4.69, 9.17) is 23.2 Å². The highest BCUT2D eigenvalue weighted by Crippen LogP contribution is 2.29. The highest BCUT2D eigenvalue weighted by molar-refractivity contribution is 7.88. The van der Waals surface area contributed by atoms with Gasteiger partial charge in [0.2, 0.25) is 10.0 Å². The molecule has 6 nitrogen and oxygen atoms in total. The molecule has 1 saturated heterocycles. The zero-order valence-electron chi connectivity index (χ0n) is 15.2. The molecule has 1 aliphatic heterocycles. The third-order valence-electron chi connectivity index (χ3n) is 4.90. The number of sulfonamides is 1. The third-order valence-corrected chi connectivity index (χ3v) is 6.76. The van der Waals surface area contributed by atoms with Gasteiger partial charge in [0.15, 0.2) is 0 Å². The van der Waals surface area contributed by atoms with Crippen LogP contribution in [0, 0.1) is 5.92 Å². The van der Waals surface area contributed by atoms with Gasteiger partial charge in [0.25, 0.3) is 0 Å². The summed E-state index contributed by atoms with van der Waals surface area (Å²) in [5.41, 5.74) is 0.829. The van der Waals surface area contributed by atoms with Crippen LogP contribution in [0.4, 0.5) is 4.79 Å². The smallest absolute Gasteiger partial charge is 0.317 e. The number of hydrogen-bond acceptors (Lipinski definition) is 3. The number of benzene rings is 1. The lowest BCUT2D eigenvalue weighted by Gasteiger charge is -2.31. The number of amides is 2. The second-order valence-electron chi connectivity index (χ2n) is 6.74. The highest BCUT2D eigenvalue weighted by atomic mass is 35.5. The van der Waals surface area contributed by atoms with Crippen LogP contribution in [0.1, 0.15) is 31.4 Å². The second-order valence-corrected chi connectivity index (χ2v) is 9.57. The Bertz CT molecular complexity index is 750. The van der Waals surface area contributed by atoms with E-state index in [-0.39, 0.29) is 18.0 Å². The summed E-state index contributed by atoms with van der Waals surface area (Å²) in [4.78, 5) is 14.0. The van der Waals surface area contributed by atoms with Gasteiger partial charge in [-0.3, -0.25) is 0 Å². The average Bonchev–Trinajstić information content (AvgIpc) is 2.58. The van der Waals surface area contributed by atoms with E-state index in [9.17, 15) is 13.2 Å². The first-order valence-electron chi connectivity index (χ1n) is 8.50. The molecule has 146 valence electrons. The first-order valence-corrected chi connectivity index (χ1v) is 11.1. The lowest BCUT2D eigenvalue weighted by Crippen LogP contribution is -2.44. The summed E-state index contributed by atoms with van der Waals surface area (Å²) in [5.74, 6) is 0.278. The van der Waals surface area contributed by atoms with E-state index in [0.29, 0.717) is 29.7 Å². The van der Waals surface area contributed by atoms with Crippen molar-refractivity contribution in [2.75, 3.05) is 32.9 Å². The van der Waals surface area contributed by atoms with Gasteiger partial charge in [-0.05, 0) is 43.4 Å². The van der Waals surface area contributed by atoms with Crippen LogP contribution in [-0.4, -0.2) is 56.6 Å². The van der Waals surface area contributed by atoms with Crippen LogP contribution in [0.3, 0.4) is 0 Å². The molecule has 9 heteroatoms. The minimum atomic E-state index is -3.13. The summed E-state index contributed by atoms with van der Waals surface area (Å²) < 4.78 is 24.6. The Morgan fingerprint density at radius 3 is 2.50 bits per heavy atom. The van der Waals surface area contributed by atoms with Crippen LogP contribution in [0.25, 0.3) is 0 Å². The molecule has 0 saturated carbocycles. The normalized spacial score (nSPS) is 17.7. The minimum absolute atomic E-state index is 0.186. The van der Waals surface area contributed by atoms with E-state index in [2.05, 4.69) is 5.32 Å². The van der Waals surface area contributed by atoms with Gasteiger partial charge in [0, 0.05) is 36.7 Å². The second kappa shape index (κ2) is 8.78. The fourth-order valence-electron chi connectivity index (χ4n) is 3.03. The van der Waals surface area contributed by atoms with Crippen LogP contribution in [0.5, 0.6) is 0 Å². The molecule has 1 unspecified atom stereocenters. The molecule has 26 heavy (non-hydrogen) atoms. The molecule has 0 radical (unpaired) electrons. The molecule has 1 aromatic carbocycles. The Labute approximate surface area is 165 Å². The molecule has 1 atom stereocenters. The molecule has 1 fully saturated rings. The first kappa shape index (κ1) is 21.3. The van der Waals surface area contributed by atoms with Crippen LogP contribution in [-0.2, 0) is 10.0 Å². The maximum atomic E-state index is 12.4. The number of urea groups is 1. The number of nitrogens with zero attached hydrogens (tertiary/aromatic N) is 2. The number of piperidine rings is 1. The van der Waals surface area contributed by atoms with Crippen molar-refractivity contribution in [2.45, 2.75) is 25.8 Å². The fourth-order valence-corrected chi connectivity index (χ4v) is 4.47. The third kappa shape index (κ3) is 5.49. The maximum absolute atomic E-state index is 12.4. The average molecular weight is 422 g/mol.